The molecule has 21 heavy (non-hydrogen) atoms. The summed E-state index contributed by atoms with van der Waals surface area (Å²) in [6.07, 6.45) is -5.49. The lowest BCUT2D eigenvalue weighted by molar-refractivity contribution is -0.390. The summed E-state index contributed by atoms with van der Waals surface area (Å²) in [5.74, 6) is -3.14. The van der Waals surface area contributed by atoms with Gasteiger partial charge in [-0.3, -0.25) is 14.9 Å². The molecule has 11 heteroatoms. The summed E-state index contributed by atoms with van der Waals surface area (Å²) in [5.41, 5.74) is -1.92. The van der Waals surface area contributed by atoms with Crippen LogP contribution in [-0.2, 0) is 16.0 Å². The third kappa shape index (κ3) is 4.47. The van der Waals surface area contributed by atoms with Crippen LogP contribution in [0.25, 0.3) is 0 Å². The van der Waals surface area contributed by atoms with Crippen LogP contribution in [0.15, 0.2) is 6.20 Å². The number of pyridine rings is 1. The Labute approximate surface area is 115 Å². The number of nitrogens with zero attached hydrogens (tertiary/aromatic N) is 2. The number of aromatic hydroxyl groups is 1. The fourth-order valence-corrected chi connectivity index (χ4v) is 1.41. The summed E-state index contributed by atoms with van der Waals surface area (Å²) in [7, 11) is 0. The van der Waals surface area contributed by atoms with Gasteiger partial charge in [-0.15, -0.1) is 13.2 Å². The highest BCUT2D eigenvalue weighted by atomic mass is 19.4. The molecule has 1 rings (SSSR count). The van der Waals surface area contributed by atoms with Gasteiger partial charge in [-0.2, -0.15) is 0 Å². The molecule has 8 nitrogen and oxygen atoms in total. The number of ether oxygens (including phenoxy) is 2. The molecule has 1 aromatic heterocycles. The number of nitro groups is 1. The number of esters is 1. The van der Waals surface area contributed by atoms with Gasteiger partial charge in [-0.05, 0) is 6.92 Å². The summed E-state index contributed by atoms with van der Waals surface area (Å²) in [4.78, 5) is 24.0. The van der Waals surface area contributed by atoms with E-state index >= 15 is 0 Å². The van der Waals surface area contributed by atoms with Crippen molar-refractivity contribution in [1.82, 2.24) is 4.98 Å². The molecule has 0 saturated carbocycles. The zero-order chi connectivity index (χ0) is 16.2. The van der Waals surface area contributed by atoms with Gasteiger partial charge in [0.2, 0.25) is 0 Å². The summed E-state index contributed by atoms with van der Waals surface area (Å²) < 4.78 is 44.4. The Kier molecular flexibility index (Phi) is 4.89. The molecule has 116 valence electrons. The van der Waals surface area contributed by atoms with Crippen LogP contribution < -0.4 is 4.74 Å². The number of aromatic nitrogens is 1. The molecule has 0 aromatic carbocycles. The zero-order valence-electron chi connectivity index (χ0n) is 10.5. The lowest BCUT2D eigenvalue weighted by atomic mass is 10.1. The molecule has 1 aromatic rings. The van der Waals surface area contributed by atoms with Gasteiger partial charge < -0.3 is 14.6 Å². The van der Waals surface area contributed by atoms with E-state index in [1.54, 1.807) is 0 Å². The van der Waals surface area contributed by atoms with E-state index in [1.807, 2.05) is 0 Å². The molecule has 0 saturated heterocycles. The van der Waals surface area contributed by atoms with Crippen molar-refractivity contribution in [2.75, 3.05) is 6.61 Å². The fraction of sp³-hybridized carbons (Fsp3) is 0.400. The molecular formula is C10H9F3N2O6. The lowest BCUT2D eigenvalue weighted by Crippen LogP contribution is -2.19. The maximum Gasteiger partial charge on any atom is 0.574 e. The van der Waals surface area contributed by atoms with Crippen LogP contribution in [0.4, 0.5) is 18.9 Å². The first-order valence-electron chi connectivity index (χ1n) is 5.42. The standard InChI is InChI=1S/C10H9F3N2O6/c1-2-20-7(17)3-5-6(16)4-14-9(8(5)15(18)19)21-10(11,12)13/h4,16H,2-3H2,1H3. The summed E-state index contributed by atoms with van der Waals surface area (Å²) in [5, 5.41) is 20.3. The van der Waals surface area contributed by atoms with E-state index < -0.39 is 46.6 Å². The average Bonchev–Trinajstić information content (AvgIpc) is 2.31. The average molecular weight is 310 g/mol. The van der Waals surface area contributed by atoms with Crippen molar-refractivity contribution in [2.24, 2.45) is 0 Å². The van der Waals surface area contributed by atoms with Gasteiger partial charge in [0.25, 0.3) is 0 Å². The molecule has 0 bridgehead atoms. The van der Waals surface area contributed by atoms with Crippen molar-refractivity contribution >= 4 is 11.7 Å². The predicted octanol–water partition coefficient (Wildman–Crippen LogP) is 1.70. The van der Waals surface area contributed by atoms with Crippen molar-refractivity contribution in [3.8, 4) is 11.6 Å². The van der Waals surface area contributed by atoms with Crippen LogP contribution in [0.1, 0.15) is 12.5 Å². The molecule has 0 unspecified atom stereocenters. The second-order valence-corrected chi connectivity index (χ2v) is 3.56. The molecule has 0 amide bonds. The Hall–Kier alpha value is -2.59. The van der Waals surface area contributed by atoms with Crippen LogP contribution in [0.5, 0.6) is 11.6 Å². The van der Waals surface area contributed by atoms with Gasteiger partial charge in [-0.1, -0.05) is 0 Å². The molecule has 1 N–H and O–H groups in total. The van der Waals surface area contributed by atoms with Crippen LogP contribution >= 0.6 is 0 Å². The van der Waals surface area contributed by atoms with Crippen molar-refractivity contribution < 1.29 is 37.5 Å². The number of rotatable bonds is 5. The van der Waals surface area contributed by atoms with Gasteiger partial charge in [0.15, 0.2) is 0 Å². The molecule has 0 spiro atoms. The van der Waals surface area contributed by atoms with E-state index in [0.29, 0.717) is 6.20 Å². The summed E-state index contributed by atoms with van der Waals surface area (Å²) in [6, 6.07) is 0. The molecular weight excluding hydrogens is 301 g/mol. The molecule has 0 aliphatic heterocycles. The van der Waals surface area contributed by atoms with Crippen LogP contribution in [0.3, 0.4) is 0 Å². The third-order valence-electron chi connectivity index (χ3n) is 2.12. The Morgan fingerprint density at radius 1 is 1.52 bits per heavy atom. The molecule has 0 aliphatic carbocycles. The molecule has 0 aliphatic rings. The fourth-order valence-electron chi connectivity index (χ4n) is 1.41. The highest BCUT2D eigenvalue weighted by Crippen LogP contribution is 2.37. The van der Waals surface area contributed by atoms with Crippen molar-refractivity contribution in [1.29, 1.82) is 0 Å². The smallest absolute Gasteiger partial charge is 0.506 e. The number of halogens is 3. The van der Waals surface area contributed by atoms with E-state index in [1.165, 1.54) is 6.92 Å². The van der Waals surface area contributed by atoms with Crippen LogP contribution in [0.2, 0.25) is 0 Å². The molecule has 1 heterocycles. The van der Waals surface area contributed by atoms with Crippen molar-refractivity contribution in [3.05, 3.63) is 21.9 Å². The molecule has 0 fully saturated rings. The van der Waals surface area contributed by atoms with Gasteiger partial charge >= 0.3 is 23.9 Å². The Balaban J connectivity index is 3.30. The second kappa shape index (κ2) is 6.24. The summed E-state index contributed by atoms with van der Waals surface area (Å²) in [6.45, 7) is 1.43. The minimum Gasteiger partial charge on any atom is -0.506 e. The first-order chi connectivity index (χ1) is 9.65. The van der Waals surface area contributed by atoms with Gasteiger partial charge in [0.1, 0.15) is 5.75 Å². The van der Waals surface area contributed by atoms with Gasteiger partial charge in [0, 0.05) is 0 Å². The van der Waals surface area contributed by atoms with E-state index in [-0.39, 0.29) is 6.61 Å². The maximum absolute atomic E-state index is 12.2. The summed E-state index contributed by atoms with van der Waals surface area (Å²) >= 11 is 0. The van der Waals surface area contributed by atoms with Crippen molar-refractivity contribution in [2.45, 2.75) is 19.7 Å². The molecule has 0 radical (unpaired) electrons. The monoisotopic (exact) mass is 310 g/mol. The SMILES string of the molecule is CCOC(=O)Cc1c(O)cnc(OC(F)(F)F)c1[N+](=O)[O-]. The van der Waals surface area contributed by atoms with E-state index in [0.717, 1.165) is 0 Å². The first-order valence-corrected chi connectivity index (χ1v) is 5.42. The lowest BCUT2D eigenvalue weighted by Gasteiger charge is -2.11. The topological polar surface area (TPSA) is 112 Å². The first kappa shape index (κ1) is 16.5. The van der Waals surface area contributed by atoms with Gasteiger partial charge in [-0.25, -0.2) is 4.98 Å². The van der Waals surface area contributed by atoms with E-state index in [9.17, 15) is 33.2 Å². The Morgan fingerprint density at radius 3 is 2.62 bits per heavy atom. The van der Waals surface area contributed by atoms with E-state index in [4.69, 9.17) is 0 Å². The largest absolute Gasteiger partial charge is 0.574 e. The minimum absolute atomic E-state index is 0.0373. The quantitative estimate of drug-likeness (QED) is 0.500. The minimum atomic E-state index is -5.21. The maximum atomic E-state index is 12.2. The van der Waals surface area contributed by atoms with Crippen molar-refractivity contribution in [3.63, 3.8) is 0 Å². The van der Waals surface area contributed by atoms with Crippen LogP contribution in [0, 0.1) is 10.1 Å². The van der Waals surface area contributed by atoms with E-state index in [2.05, 4.69) is 14.5 Å². The highest BCUT2D eigenvalue weighted by Gasteiger charge is 2.38. The third-order valence-corrected chi connectivity index (χ3v) is 2.12. The molecule has 0 atom stereocenters. The zero-order valence-corrected chi connectivity index (χ0v) is 10.5. The number of carbonyl (C=O) groups excluding carboxylic acids is 1. The Morgan fingerprint density at radius 2 is 2.14 bits per heavy atom. The number of hydrogen-bond donors (Lipinski definition) is 1. The van der Waals surface area contributed by atoms with Crippen LogP contribution in [-0.4, -0.2) is 34.0 Å². The predicted molar refractivity (Wildman–Crippen MR) is 59.6 cm³/mol. The highest BCUT2D eigenvalue weighted by molar-refractivity contribution is 5.76. The second-order valence-electron chi connectivity index (χ2n) is 3.56. The number of carbonyl (C=O) groups is 1. The number of hydrogen-bond acceptors (Lipinski definition) is 7. The van der Waals surface area contributed by atoms with Gasteiger partial charge in [0.05, 0.1) is 29.7 Å². The normalized spacial score (nSPS) is 11.0. The Bertz CT molecular complexity index is 560. The number of alkyl halides is 3.